The van der Waals surface area contributed by atoms with Crippen LogP contribution in [0, 0.1) is 0 Å². The molecule has 0 saturated carbocycles. The molecule has 1 aliphatic carbocycles. The highest BCUT2D eigenvalue weighted by Gasteiger charge is 2.43. The number of hydrogen-bond acceptors (Lipinski definition) is 2. The Morgan fingerprint density at radius 2 is 1.08 bits per heavy atom. The van der Waals surface area contributed by atoms with Crippen LogP contribution in [0.4, 0.5) is 0 Å². The third-order valence-electron chi connectivity index (χ3n) is 11.8. The van der Waals surface area contributed by atoms with Crippen LogP contribution in [0.1, 0.15) is 12.5 Å². The molecule has 7 aromatic carbocycles. The lowest BCUT2D eigenvalue weighted by Crippen LogP contribution is -2.32. The fourth-order valence-corrected chi connectivity index (χ4v) is 9.16. The van der Waals surface area contributed by atoms with Gasteiger partial charge in [-0.15, -0.1) is 0 Å². The Hall–Kier alpha value is -6.78. The number of fused-ring (bicyclic) bond motifs is 12. The highest BCUT2D eigenvalue weighted by Crippen LogP contribution is 2.47. The standard InChI is InChI=1S/C49H32N2O2/c1-49-25-9-8-16-48(49)53-47-29-33(19-21-40(47)49)51-42-14-6-3-11-35(42)38-27-31(18-23-44(38)51)30-17-22-43-37(26-30)34-10-2-5-13-41(34)50(43)32-20-24-46-39(28-32)36-12-4-7-15-45(36)52-46/h2-29,48H,1H3. The molecular formula is C49H32N2O2. The summed E-state index contributed by atoms with van der Waals surface area (Å²) in [4.78, 5) is 0. The maximum absolute atomic E-state index is 6.52. The molecule has 0 bridgehead atoms. The second-order valence-electron chi connectivity index (χ2n) is 14.7. The second-order valence-corrected chi connectivity index (χ2v) is 14.7. The van der Waals surface area contributed by atoms with Gasteiger partial charge in [0.2, 0.25) is 0 Å². The maximum atomic E-state index is 6.52. The fourth-order valence-electron chi connectivity index (χ4n) is 9.16. The molecule has 12 rings (SSSR count). The van der Waals surface area contributed by atoms with Crippen LogP contribution in [0.3, 0.4) is 0 Å². The first-order valence-corrected chi connectivity index (χ1v) is 18.3. The predicted molar refractivity (Wildman–Crippen MR) is 218 cm³/mol. The van der Waals surface area contributed by atoms with Gasteiger partial charge >= 0.3 is 0 Å². The van der Waals surface area contributed by atoms with Gasteiger partial charge in [0.05, 0.1) is 27.5 Å². The zero-order chi connectivity index (χ0) is 34.8. The van der Waals surface area contributed by atoms with Crippen LogP contribution in [0.15, 0.2) is 174 Å². The monoisotopic (exact) mass is 680 g/mol. The number of furan rings is 1. The van der Waals surface area contributed by atoms with E-state index in [0.717, 1.165) is 39.1 Å². The first-order valence-electron chi connectivity index (χ1n) is 18.3. The van der Waals surface area contributed by atoms with Gasteiger partial charge in [0, 0.05) is 55.3 Å². The minimum atomic E-state index is -0.145. The molecule has 2 atom stereocenters. The van der Waals surface area contributed by atoms with Crippen LogP contribution in [0.5, 0.6) is 5.75 Å². The summed E-state index contributed by atoms with van der Waals surface area (Å²) in [5.41, 5.74) is 12.2. The van der Waals surface area contributed by atoms with E-state index < -0.39 is 0 Å². The highest BCUT2D eigenvalue weighted by atomic mass is 16.5. The normalized spacial score (nSPS) is 17.8. The molecule has 4 heterocycles. The van der Waals surface area contributed by atoms with Crippen LogP contribution in [-0.2, 0) is 5.41 Å². The first kappa shape index (κ1) is 28.9. The van der Waals surface area contributed by atoms with E-state index in [1.165, 1.54) is 60.3 Å². The quantitative estimate of drug-likeness (QED) is 0.186. The molecule has 0 radical (unpaired) electrons. The topological polar surface area (TPSA) is 32.2 Å². The Morgan fingerprint density at radius 1 is 0.491 bits per heavy atom. The van der Waals surface area contributed by atoms with Crippen molar-refractivity contribution in [2.45, 2.75) is 18.4 Å². The number of allylic oxidation sites excluding steroid dienone is 2. The van der Waals surface area contributed by atoms with Crippen molar-refractivity contribution >= 4 is 65.6 Å². The summed E-state index contributed by atoms with van der Waals surface area (Å²) in [6.07, 6.45) is 8.67. The zero-order valence-electron chi connectivity index (χ0n) is 29.0. The van der Waals surface area contributed by atoms with Gasteiger partial charge in [0.15, 0.2) is 0 Å². The van der Waals surface area contributed by atoms with Crippen molar-refractivity contribution in [2.75, 3.05) is 0 Å². The van der Waals surface area contributed by atoms with E-state index in [4.69, 9.17) is 9.15 Å². The summed E-state index contributed by atoms with van der Waals surface area (Å²) in [7, 11) is 0. The summed E-state index contributed by atoms with van der Waals surface area (Å²) in [6.45, 7) is 2.27. The Morgan fingerprint density at radius 3 is 1.79 bits per heavy atom. The number of para-hydroxylation sites is 3. The number of hydrogen-bond donors (Lipinski definition) is 0. The number of nitrogens with zero attached hydrogens (tertiary/aromatic N) is 2. The molecule has 0 N–H and O–H groups in total. The summed E-state index contributed by atoms with van der Waals surface area (Å²) in [5, 5.41) is 7.19. The van der Waals surface area contributed by atoms with Crippen molar-refractivity contribution in [1.29, 1.82) is 0 Å². The Labute approximate surface area is 305 Å². The molecule has 1 aliphatic heterocycles. The minimum Gasteiger partial charge on any atom is -0.485 e. The predicted octanol–water partition coefficient (Wildman–Crippen LogP) is 12.6. The number of aromatic nitrogens is 2. The second kappa shape index (κ2) is 10.4. The van der Waals surface area contributed by atoms with Crippen molar-refractivity contribution < 1.29 is 9.15 Å². The van der Waals surface area contributed by atoms with E-state index >= 15 is 0 Å². The van der Waals surface area contributed by atoms with Gasteiger partial charge in [-0.1, -0.05) is 91.0 Å². The molecule has 2 aliphatic rings. The SMILES string of the molecule is CC12C=CC=CC1Oc1cc(-n3c4ccccc4c4cc(-c5ccc6c(c5)c5ccccc5n6-c5ccc6oc7ccccc7c6c5)ccc43)ccc12. The van der Waals surface area contributed by atoms with Crippen LogP contribution in [0.2, 0.25) is 0 Å². The Bertz CT molecular complexity index is 3240. The summed E-state index contributed by atoms with van der Waals surface area (Å²) >= 11 is 0. The lowest BCUT2D eigenvalue weighted by atomic mass is 9.77. The van der Waals surface area contributed by atoms with Crippen molar-refractivity contribution in [2.24, 2.45) is 0 Å². The van der Waals surface area contributed by atoms with Crippen molar-refractivity contribution in [3.05, 3.63) is 175 Å². The minimum absolute atomic E-state index is 0.0188. The van der Waals surface area contributed by atoms with Gasteiger partial charge in [0.1, 0.15) is 23.0 Å². The number of benzene rings is 7. The van der Waals surface area contributed by atoms with Gasteiger partial charge in [-0.3, -0.25) is 0 Å². The van der Waals surface area contributed by atoms with E-state index in [-0.39, 0.29) is 11.5 Å². The number of rotatable bonds is 3. The van der Waals surface area contributed by atoms with Gasteiger partial charge < -0.3 is 18.3 Å². The average molecular weight is 681 g/mol. The molecule has 0 spiro atoms. The van der Waals surface area contributed by atoms with E-state index in [2.05, 4.69) is 174 Å². The third kappa shape index (κ3) is 3.95. The molecule has 53 heavy (non-hydrogen) atoms. The Balaban J connectivity index is 1.01. The fraction of sp³-hybridized carbons (Fsp3) is 0.0612. The largest absolute Gasteiger partial charge is 0.485 e. The molecule has 0 amide bonds. The smallest absolute Gasteiger partial charge is 0.135 e. The molecule has 2 unspecified atom stereocenters. The van der Waals surface area contributed by atoms with Gasteiger partial charge in [-0.25, -0.2) is 0 Å². The summed E-state index contributed by atoms with van der Waals surface area (Å²) in [5.74, 6) is 0.958. The lowest BCUT2D eigenvalue weighted by Gasteiger charge is -2.26. The highest BCUT2D eigenvalue weighted by molar-refractivity contribution is 6.13. The van der Waals surface area contributed by atoms with Crippen molar-refractivity contribution in [1.82, 2.24) is 9.13 Å². The van der Waals surface area contributed by atoms with Crippen LogP contribution in [0.25, 0.3) is 88.1 Å². The zero-order valence-corrected chi connectivity index (χ0v) is 29.0. The third-order valence-corrected chi connectivity index (χ3v) is 11.8. The molecule has 250 valence electrons. The molecular weight excluding hydrogens is 649 g/mol. The molecule has 10 aromatic rings. The lowest BCUT2D eigenvalue weighted by molar-refractivity contribution is 0.228. The first-order chi connectivity index (χ1) is 26.1. The van der Waals surface area contributed by atoms with Crippen molar-refractivity contribution in [3.63, 3.8) is 0 Å². The number of ether oxygens (including phenoxy) is 1. The molecule has 0 fully saturated rings. The Kier molecular flexibility index (Phi) is 5.66. The molecule has 0 saturated heterocycles. The molecule has 4 heteroatoms. The molecule has 3 aromatic heterocycles. The van der Waals surface area contributed by atoms with E-state index in [0.29, 0.717) is 0 Å². The van der Waals surface area contributed by atoms with Crippen molar-refractivity contribution in [3.8, 4) is 28.3 Å². The van der Waals surface area contributed by atoms with Crippen LogP contribution in [-0.4, -0.2) is 15.2 Å². The average Bonchev–Trinajstić information content (AvgIpc) is 3.93. The van der Waals surface area contributed by atoms with Crippen LogP contribution >= 0.6 is 0 Å². The van der Waals surface area contributed by atoms with E-state index in [1.807, 2.05) is 12.1 Å². The summed E-state index contributed by atoms with van der Waals surface area (Å²) in [6, 6.07) is 52.8. The summed E-state index contributed by atoms with van der Waals surface area (Å²) < 4.78 is 17.5. The molecule has 4 nitrogen and oxygen atoms in total. The van der Waals surface area contributed by atoms with Gasteiger partial charge in [-0.05, 0) is 90.9 Å². The van der Waals surface area contributed by atoms with Gasteiger partial charge in [-0.2, -0.15) is 0 Å². The van der Waals surface area contributed by atoms with E-state index in [1.54, 1.807) is 0 Å². The van der Waals surface area contributed by atoms with Gasteiger partial charge in [0.25, 0.3) is 0 Å². The van der Waals surface area contributed by atoms with Crippen LogP contribution < -0.4 is 4.74 Å². The maximum Gasteiger partial charge on any atom is 0.135 e. The van der Waals surface area contributed by atoms with E-state index in [9.17, 15) is 0 Å².